The molecule has 0 spiro atoms. The van der Waals surface area contributed by atoms with E-state index >= 15 is 0 Å². The number of benzene rings is 1. The van der Waals surface area contributed by atoms with E-state index in [1.807, 2.05) is 20.0 Å². The van der Waals surface area contributed by atoms with E-state index in [4.69, 9.17) is 9.73 Å². The van der Waals surface area contributed by atoms with E-state index in [9.17, 15) is 4.39 Å². The number of aryl methyl sites for hydroxylation is 1. The van der Waals surface area contributed by atoms with Crippen molar-refractivity contribution in [3.63, 3.8) is 0 Å². The predicted molar refractivity (Wildman–Crippen MR) is 110 cm³/mol. The van der Waals surface area contributed by atoms with E-state index in [2.05, 4.69) is 27.5 Å². The molecule has 1 heterocycles. The van der Waals surface area contributed by atoms with E-state index < -0.39 is 0 Å². The standard InChI is InChI=1S/C20H29FN4OS/c1-5-22-20(23-11-7-9-16-8-6-10-17(21)12-16)25(3)13-18-14-27-19(24-18)15(2)26-4/h6,8,10,12,14-15H,5,7,9,11,13H2,1-4H3,(H,22,23). The zero-order valence-corrected chi connectivity index (χ0v) is 17.4. The lowest BCUT2D eigenvalue weighted by Gasteiger charge is -2.21. The number of hydrogen-bond acceptors (Lipinski definition) is 4. The van der Waals surface area contributed by atoms with Crippen molar-refractivity contribution in [2.24, 2.45) is 4.99 Å². The number of rotatable bonds is 9. The number of methoxy groups -OCH3 is 1. The first-order valence-electron chi connectivity index (χ1n) is 9.24. The Morgan fingerprint density at radius 3 is 2.96 bits per heavy atom. The molecule has 0 aliphatic rings. The third-order valence-corrected chi connectivity index (χ3v) is 5.20. The summed E-state index contributed by atoms with van der Waals surface area (Å²) in [7, 11) is 3.70. The molecule has 0 saturated heterocycles. The third kappa shape index (κ3) is 6.92. The zero-order valence-electron chi connectivity index (χ0n) is 16.5. The Morgan fingerprint density at radius 2 is 2.26 bits per heavy atom. The molecule has 1 atom stereocenters. The van der Waals surface area contributed by atoms with Crippen molar-refractivity contribution in [2.75, 3.05) is 27.2 Å². The highest BCUT2D eigenvalue weighted by Crippen LogP contribution is 2.20. The molecule has 27 heavy (non-hydrogen) atoms. The second kappa shape index (κ2) is 11.0. The van der Waals surface area contributed by atoms with Gasteiger partial charge in [-0.25, -0.2) is 9.37 Å². The zero-order chi connectivity index (χ0) is 19.6. The average molecular weight is 393 g/mol. The van der Waals surface area contributed by atoms with Crippen LogP contribution in [0.3, 0.4) is 0 Å². The minimum absolute atomic E-state index is 0.0128. The van der Waals surface area contributed by atoms with Gasteiger partial charge >= 0.3 is 0 Å². The molecule has 7 heteroatoms. The maximum atomic E-state index is 13.2. The summed E-state index contributed by atoms with van der Waals surface area (Å²) >= 11 is 1.62. The van der Waals surface area contributed by atoms with Crippen LogP contribution in [0.4, 0.5) is 4.39 Å². The molecule has 2 aromatic rings. The minimum Gasteiger partial charge on any atom is -0.375 e. The molecular weight excluding hydrogens is 363 g/mol. The van der Waals surface area contributed by atoms with Crippen LogP contribution >= 0.6 is 11.3 Å². The Kier molecular flexibility index (Phi) is 8.67. The monoisotopic (exact) mass is 392 g/mol. The number of halogens is 1. The topological polar surface area (TPSA) is 49.8 Å². The van der Waals surface area contributed by atoms with E-state index in [0.29, 0.717) is 13.1 Å². The van der Waals surface area contributed by atoms with Crippen molar-refractivity contribution in [1.29, 1.82) is 0 Å². The van der Waals surface area contributed by atoms with Gasteiger partial charge in [0.25, 0.3) is 0 Å². The summed E-state index contributed by atoms with van der Waals surface area (Å²) in [5, 5.41) is 6.37. The van der Waals surface area contributed by atoms with Crippen LogP contribution in [0.1, 0.15) is 42.6 Å². The van der Waals surface area contributed by atoms with Gasteiger partial charge in [0, 0.05) is 32.6 Å². The van der Waals surface area contributed by atoms with Gasteiger partial charge in [-0.3, -0.25) is 4.99 Å². The normalized spacial score (nSPS) is 12.9. The molecule has 148 valence electrons. The first-order valence-corrected chi connectivity index (χ1v) is 10.1. The van der Waals surface area contributed by atoms with Crippen LogP contribution in [-0.4, -0.2) is 43.1 Å². The Bertz CT molecular complexity index is 734. The second-order valence-corrected chi connectivity index (χ2v) is 7.27. The average Bonchev–Trinajstić information content (AvgIpc) is 3.12. The van der Waals surface area contributed by atoms with E-state index in [-0.39, 0.29) is 11.9 Å². The fourth-order valence-corrected chi connectivity index (χ4v) is 3.47. The summed E-state index contributed by atoms with van der Waals surface area (Å²) in [4.78, 5) is 11.4. The van der Waals surface area contributed by atoms with Crippen molar-refractivity contribution in [3.8, 4) is 0 Å². The van der Waals surface area contributed by atoms with E-state index in [0.717, 1.165) is 41.6 Å². The van der Waals surface area contributed by atoms with Crippen LogP contribution in [-0.2, 0) is 17.7 Å². The van der Waals surface area contributed by atoms with Gasteiger partial charge in [0.2, 0.25) is 0 Å². The minimum atomic E-state index is -0.186. The van der Waals surface area contributed by atoms with Crippen LogP contribution in [0, 0.1) is 5.82 Å². The Balaban J connectivity index is 1.90. The molecule has 0 saturated carbocycles. The SMILES string of the molecule is CCNC(=NCCCc1cccc(F)c1)N(C)Cc1csc(C(C)OC)n1. The molecule has 1 aromatic carbocycles. The fraction of sp³-hybridized carbons (Fsp3) is 0.500. The number of ether oxygens (including phenoxy) is 1. The van der Waals surface area contributed by atoms with Crippen molar-refractivity contribution in [1.82, 2.24) is 15.2 Å². The molecule has 0 radical (unpaired) electrons. The van der Waals surface area contributed by atoms with Gasteiger partial charge in [0.15, 0.2) is 5.96 Å². The third-order valence-electron chi connectivity index (χ3n) is 4.14. The Morgan fingerprint density at radius 1 is 1.44 bits per heavy atom. The maximum absolute atomic E-state index is 13.2. The van der Waals surface area contributed by atoms with Crippen molar-refractivity contribution < 1.29 is 9.13 Å². The van der Waals surface area contributed by atoms with Crippen LogP contribution < -0.4 is 5.32 Å². The van der Waals surface area contributed by atoms with Crippen LogP contribution in [0.15, 0.2) is 34.6 Å². The summed E-state index contributed by atoms with van der Waals surface area (Å²) in [5.41, 5.74) is 2.01. The fourth-order valence-electron chi connectivity index (χ4n) is 2.63. The van der Waals surface area contributed by atoms with Crippen LogP contribution in [0.5, 0.6) is 0 Å². The molecular formula is C20H29FN4OS. The highest BCUT2D eigenvalue weighted by molar-refractivity contribution is 7.09. The lowest BCUT2D eigenvalue weighted by Crippen LogP contribution is -2.38. The molecule has 1 aromatic heterocycles. The van der Waals surface area contributed by atoms with Gasteiger partial charge in [-0.05, 0) is 44.4 Å². The number of nitrogens with one attached hydrogen (secondary N) is 1. The molecule has 0 amide bonds. The first kappa shape index (κ1) is 21.3. The van der Waals surface area contributed by atoms with Gasteiger partial charge in [-0.2, -0.15) is 0 Å². The number of nitrogens with zero attached hydrogens (tertiary/aromatic N) is 3. The first-order chi connectivity index (χ1) is 13.0. The van der Waals surface area contributed by atoms with E-state index in [1.165, 1.54) is 6.07 Å². The molecule has 2 rings (SSSR count). The number of aliphatic imine (C=N–C) groups is 1. The molecule has 5 nitrogen and oxygen atoms in total. The lowest BCUT2D eigenvalue weighted by atomic mass is 10.1. The Hall–Kier alpha value is -1.99. The smallest absolute Gasteiger partial charge is 0.194 e. The number of aromatic nitrogens is 1. The molecule has 1 N–H and O–H groups in total. The lowest BCUT2D eigenvalue weighted by molar-refractivity contribution is 0.119. The maximum Gasteiger partial charge on any atom is 0.194 e. The van der Waals surface area contributed by atoms with Crippen molar-refractivity contribution in [3.05, 3.63) is 51.7 Å². The van der Waals surface area contributed by atoms with Gasteiger partial charge < -0.3 is 15.0 Å². The van der Waals surface area contributed by atoms with Crippen LogP contribution in [0.25, 0.3) is 0 Å². The molecule has 0 aliphatic heterocycles. The number of guanidine groups is 1. The quantitative estimate of drug-likeness (QED) is 0.398. The van der Waals surface area contributed by atoms with Gasteiger partial charge in [0.1, 0.15) is 16.9 Å². The van der Waals surface area contributed by atoms with Gasteiger partial charge in [0.05, 0.1) is 12.2 Å². The number of hydrogen-bond donors (Lipinski definition) is 1. The van der Waals surface area contributed by atoms with Crippen molar-refractivity contribution in [2.45, 2.75) is 39.3 Å². The molecule has 1 unspecified atom stereocenters. The summed E-state index contributed by atoms with van der Waals surface area (Å²) in [5.74, 6) is 0.667. The summed E-state index contributed by atoms with van der Waals surface area (Å²) < 4.78 is 18.6. The molecule has 0 aliphatic carbocycles. The molecule has 0 fully saturated rings. The number of thiazole rings is 1. The predicted octanol–water partition coefficient (Wildman–Crippen LogP) is 4.02. The van der Waals surface area contributed by atoms with Gasteiger partial charge in [-0.1, -0.05) is 12.1 Å². The summed E-state index contributed by atoms with van der Waals surface area (Å²) in [6.07, 6.45) is 1.70. The highest BCUT2D eigenvalue weighted by atomic mass is 32.1. The van der Waals surface area contributed by atoms with Crippen LogP contribution in [0.2, 0.25) is 0 Å². The summed E-state index contributed by atoms with van der Waals surface area (Å²) in [6, 6.07) is 6.75. The Labute approximate surface area is 165 Å². The van der Waals surface area contributed by atoms with Crippen molar-refractivity contribution >= 4 is 17.3 Å². The summed E-state index contributed by atoms with van der Waals surface area (Å²) in [6.45, 7) is 6.22. The highest BCUT2D eigenvalue weighted by Gasteiger charge is 2.12. The molecule has 0 bridgehead atoms. The second-order valence-electron chi connectivity index (χ2n) is 6.38. The largest absolute Gasteiger partial charge is 0.375 e. The van der Waals surface area contributed by atoms with E-state index in [1.54, 1.807) is 30.6 Å². The van der Waals surface area contributed by atoms with Gasteiger partial charge in [-0.15, -0.1) is 11.3 Å².